The van der Waals surface area contributed by atoms with Crippen LogP contribution in [-0.2, 0) is 6.61 Å². The zero-order valence-corrected chi connectivity index (χ0v) is 14.2. The van der Waals surface area contributed by atoms with Crippen LogP contribution in [0.15, 0.2) is 35.1 Å². The maximum atomic E-state index is 12.9. The summed E-state index contributed by atoms with van der Waals surface area (Å²) in [5.74, 6) is 0.299. The Hall–Kier alpha value is -2.72. The normalized spacial score (nSPS) is 18.9. The predicted molar refractivity (Wildman–Crippen MR) is 91.3 cm³/mol. The summed E-state index contributed by atoms with van der Waals surface area (Å²) in [5, 5.41) is 9.06. The highest BCUT2D eigenvalue weighted by Crippen LogP contribution is 2.48. The summed E-state index contributed by atoms with van der Waals surface area (Å²) in [4.78, 5) is 18.7. The first-order valence-electron chi connectivity index (χ1n) is 7.87. The first-order chi connectivity index (χ1) is 12.1. The number of hydrogen-bond acceptors (Lipinski definition) is 5. The fourth-order valence-corrected chi connectivity index (χ4v) is 4.04. The second-order valence-corrected chi connectivity index (χ2v) is 7.25. The van der Waals surface area contributed by atoms with Crippen molar-refractivity contribution < 1.29 is 9.13 Å². The van der Waals surface area contributed by atoms with Crippen LogP contribution in [0.3, 0.4) is 0 Å². The van der Waals surface area contributed by atoms with E-state index in [4.69, 9.17) is 10.00 Å². The SMILES string of the molecule is Cc1sc2nc(COc3ccc(F)cc3)cc(=O)n2c1C1CC1C#N. The Morgan fingerprint density at radius 3 is 2.88 bits per heavy atom. The summed E-state index contributed by atoms with van der Waals surface area (Å²) in [5.41, 5.74) is 1.27. The van der Waals surface area contributed by atoms with Crippen molar-refractivity contribution in [2.24, 2.45) is 5.92 Å². The first-order valence-corrected chi connectivity index (χ1v) is 8.68. The number of hydrogen-bond donors (Lipinski definition) is 0. The lowest BCUT2D eigenvalue weighted by molar-refractivity contribution is 0.301. The molecule has 5 nitrogen and oxygen atoms in total. The number of nitrogens with zero attached hydrogens (tertiary/aromatic N) is 3. The summed E-state index contributed by atoms with van der Waals surface area (Å²) >= 11 is 1.45. The van der Waals surface area contributed by atoms with Gasteiger partial charge in [0.15, 0.2) is 4.96 Å². The molecule has 1 fully saturated rings. The van der Waals surface area contributed by atoms with Gasteiger partial charge in [0.05, 0.1) is 17.7 Å². The van der Waals surface area contributed by atoms with Gasteiger partial charge in [-0.1, -0.05) is 0 Å². The number of halogens is 1. The number of rotatable bonds is 4. The molecule has 0 radical (unpaired) electrons. The van der Waals surface area contributed by atoms with Crippen molar-refractivity contribution in [1.82, 2.24) is 9.38 Å². The van der Waals surface area contributed by atoms with Gasteiger partial charge in [-0.15, -0.1) is 11.3 Å². The zero-order chi connectivity index (χ0) is 17.6. The molecule has 0 aliphatic heterocycles. The Kier molecular flexibility index (Phi) is 3.77. The average molecular weight is 355 g/mol. The van der Waals surface area contributed by atoms with E-state index >= 15 is 0 Å². The van der Waals surface area contributed by atoms with Gasteiger partial charge in [-0.2, -0.15) is 5.26 Å². The maximum absolute atomic E-state index is 12.9. The van der Waals surface area contributed by atoms with Crippen LogP contribution >= 0.6 is 11.3 Å². The number of nitriles is 1. The Bertz CT molecular complexity index is 1050. The molecule has 0 bridgehead atoms. The molecule has 0 N–H and O–H groups in total. The Morgan fingerprint density at radius 2 is 2.20 bits per heavy atom. The van der Waals surface area contributed by atoms with Crippen LogP contribution < -0.4 is 10.3 Å². The summed E-state index contributed by atoms with van der Waals surface area (Å²) < 4.78 is 20.1. The third-order valence-corrected chi connectivity index (χ3v) is 5.27. The molecule has 2 aromatic heterocycles. The van der Waals surface area contributed by atoms with Crippen molar-refractivity contribution in [3.05, 3.63) is 62.8 Å². The van der Waals surface area contributed by atoms with Gasteiger partial charge in [0.25, 0.3) is 5.56 Å². The van der Waals surface area contributed by atoms with Gasteiger partial charge in [-0.25, -0.2) is 9.37 Å². The summed E-state index contributed by atoms with van der Waals surface area (Å²) in [6, 6.07) is 9.41. The molecule has 1 aromatic carbocycles. The smallest absolute Gasteiger partial charge is 0.259 e. The lowest BCUT2D eigenvalue weighted by Crippen LogP contribution is -2.17. The molecule has 1 saturated carbocycles. The molecule has 2 heterocycles. The van der Waals surface area contributed by atoms with E-state index in [1.807, 2.05) is 6.92 Å². The van der Waals surface area contributed by atoms with Crippen LogP contribution in [0.4, 0.5) is 4.39 Å². The molecule has 4 rings (SSSR count). The second-order valence-electron chi connectivity index (χ2n) is 6.07. The molecular formula is C18H14FN3O2S. The predicted octanol–water partition coefficient (Wildman–Crippen LogP) is 3.41. The third kappa shape index (κ3) is 2.89. The highest BCUT2D eigenvalue weighted by Gasteiger charge is 2.42. The van der Waals surface area contributed by atoms with Gasteiger partial charge in [-0.05, 0) is 37.6 Å². The number of thiazole rings is 1. The van der Waals surface area contributed by atoms with Gasteiger partial charge in [0.2, 0.25) is 0 Å². The van der Waals surface area contributed by atoms with Crippen LogP contribution in [0.2, 0.25) is 0 Å². The topological polar surface area (TPSA) is 67.4 Å². The average Bonchev–Trinajstić information content (AvgIpc) is 3.29. The lowest BCUT2D eigenvalue weighted by Gasteiger charge is -2.06. The molecule has 0 amide bonds. The van der Waals surface area contributed by atoms with Gasteiger partial charge >= 0.3 is 0 Å². The van der Waals surface area contributed by atoms with E-state index in [1.165, 1.54) is 41.7 Å². The van der Waals surface area contributed by atoms with E-state index in [2.05, 4.69) is 11.1 Å². The number of aromatic nitrogens is 2. The van der Waals surface area contributed by atoms with Gasteiger partial charge in [-0.3, -0.25) is 9.20 Å². The van der Waals surface area contributed by atoms with Crippen molar-refractivity contribution >= 4 is 16.3 Å². The van der Waals surface area contributed by atoms with E-state index in [1.54, 1.807) is 4.40 Å². The van der Waals surface area contributed by atoms with Gasteiger partial charge in [0.1, 0.15) is 18.2 Å². The van der Waals surface area contributed by atoms with E-state index in [0.717, 1.165) is 17.0 Å². The fourth-order valence-electron chi connectivity index (χ4n) is 2.97. The minimum absolute atomic E-state index is 0.00936. The molecule has 25 heavy (non-hydrogen) atoms. The van der Waals surface area contributed by atoms with Crippen molar-refractivity contribution in [2.45, 2.75) is 25.9 Å². The van der Waals surface area contributed by atoms with Gasteiger partial charge < -0.3 is 4.74 Å². The minimum Gasteiger partial charge on any atom is -0.487 e. The summed E-state index contributed by atoms with van der Waals surface area (Å²) in [6.07, 6.45) is 0.797. The Labute approximate surface area is 146 Å². The number of aryl methyl sites for hydroxylation is 1. The van der Waals surface area contributed by atoms with E-state index in [0.29, 0.717) is 16.4 Å². The fraction of sp³-hybridized carbons (Fsp3) is 0.278. The molecule has 1 aliphatic rings. The van der Waals surface area contributed by atoms with Crippen LogP contribution in [0.1, 0.15) is 28.6 Å². The van der Waals surface area contributed by atoms with Crippen LogP contribution in [-0.4, -0.2) is 9.38 Å². The third-order valence-electron chi connectivity index (χ3n) is 4.29. The van der Waals surface area contributed by atoms with Gasteiger partial charge in [0, 0.05) is 22.6 Å². The molecule has 0 spiro atoms. The van der Waals surface area contributed by atoms with Crippen LogP contribution in [0.5, 0.6) is 5.75 Å². The highest BCUT2D eigenvalue weighted by molar-refractivity contribution is 7.17. The molecule has 0 saturated heterocycles. The van der Waals surface area contributed by atoms with Crippen molar-refractivity contribution in [2.75, 3.05) is 0 Å². The molecule has 3 aromatic rings. The monoisotopic (exact) mass is 355 g/mol. The summed E-state index contributed by atoms with van der Waals surface area (Å²) in [7, 11) is 0. The second kappa shape index (κ2) is 5.97. The van der Waals surface area contributed by atoms with Crippen molar-refractivity contribution in [3.8, 4) is 11.8 Å². The molecule has 126 valence electrons. The van der Waals surface area contributed by atoms with E-state index < -0.39 is 0 Å². The quantitative estimate of drug-likeness (QED) is 0.719. The number of ether oxygens (including phenoxy) is 1. The molecule has 2 unspecified atom stereocenters. The summed E-state index contributed by atoms with van der Waals surface area (Å²) in [6.45, 7) is 2.09. The Balaban J connectivity index is 1.63. The minimum atomic E-state index is -0.331. The van der Waals surface area contributed by atoms with E-state index in [9.17, 15) is 9.18 Å². The number of benzene rings is 1. The number of fused-ring (bicyclic) bond motifs is 1. The largest absolute Gasteiger partial charge is 0.487 e. The van der Waals surface area contributed by atoms with Crippen LogP contribution in [0, 0.1) is 30.0 Å². The zero-order valence-electron chi connectivity index (χ0n) is 13.4. The molecule has 2 atom stereocenters. The first kappa shape index (κ1) is 15.8. The molecule has 7 heteroatoms. The van der Waals surface area contributed by atoms with E-state index in [-0.39, 0.29) is 29.8 Å². The standard InChI is InChI=1S/C18H14FN3O2S/c1-10-17(15-6-11(15)8-20)22-16(23)7-13(21-18(22)25-10)9-24-14-4-2-12(19)3-5-14/h2-5,7,11,15H,6,9H2,1H3. The Morgan fingerprint density at radius 1 is 1.44 bits per heavy atom. The molecular weight excluding hydrogens is 341 g/mol. The van der Waals surface area contributed by atoms with Crippen molar-refractivity contribution in [1.29, 1.82) is 5.26 Å². The highest BCUT2D eigenvalue weighted by atomic mass is 32.1. The van der Waals surface area contributed by atoms with Crippen LogP contribution in [0.25, 0.3) is 4.96 Å². The maximum Gasteiger partial charge on any atom is 0.259 e. The van der Waals surface area contributed by atoms with Crippen molar-refractivity contribution in [3.63, 3.8) is 0 Å². The lowest BCUT2D eigenvalue weighted by atomic mass is 10.2. The molecule has 1 aliphatic carbocycles.